The van der Waals surface area contributed by atoms with E-state index in [-0.39, 0.29) is 44.3 Å². The first-order chi connectivity index (χ1) is 18.1. The maximum atomic E-state index is 14.8. The Kier molecular flexibility index (Phi) is 10.0. The molecule has 38 heavy (non-hydrogen) atoms. The zero-order valence-corrected chi connectivity index (χ0v) is 22.7. The van der Waals surface area contributed by atoms with Gasteiger partial charge in [0.15, 0.2) is 0 Å². The van der Waals surface area contributed by atoms with Gasteiger partial charge in [0, 0.05) is 50.4 Å². The molecule has 0 saturated carbocycles. The lowest BCUT2D eigenvalue weighted by atomic mass is 9.70. The van der Waals surface area contributed by atoms with E-state index in [0.29, 0.717) is 31.0 Å². The molecule has 10 heteroatoms. The molecule has 3 rings (SSSR count). The molecule has 0 aromatic heterocycles. The number of anilines is 1. The third kappa shape index (κ3) is 7.20. The summed E-state index contributed by atoms with van der Waals surface area (Å²) in [5.41, 5.74) is 2.78. The molecular formula is C28H38BFN4O4. The van der Waals surface area contributed by atoms with Gasteiger partial charge in [0.2, 0.25) is 18.2 Å². The van der Waals surface area contributed by atoms with E-state index in [0.717, 1.165) is 28.9 Å². The van der Waals surface area contributed by atoms with Crippen molar-refractivity contribution < 1.29 is 23.9 Å². The van der Waals surface area contributed by atoms with Crippen molar-refractivity contribution >= 4 is 31.8 Å². The van der Waals surface area contributed by atoms with Crippen LogP contribution in [0.25, 0.3) is 0 Å². The molecule has 1 saturated heterocycles. The SMILES string of the molecule is BC1(N(C=O)Cc2c(C)cccc2NCc2cc(CN(CCO)CC(C)C)ccc2F)CCC(=O)NC1=O. The van der Waals surface area contributed by atoms with Crippen molar-refractivity contribution in [3.8, 4) is 0 Å². The molecule has 1 unspecified atom stereocenters. The first-order valence-electron chi connectivity index (χ1n) is 13.1. The Morgan fingerprint density at radius 3 is 2.66 bits per heavy atom. The molecule has 0 radical (unpaired) electrons. The van der Waals surface area contributed by atoms with E-state index >= 15 is 0 Å². The van der Waals surface area contributed by atoms with Crippen molar-refractivity contribution in [2.45, 2.75) is 58.7 Å². The maximum Gasteiger partial charge on any atom is 0.243 e. The smallest absolute Gasteiger partial charge is 0.243 e. The van der Waals surface area contributed by atoms with Crippen LogP contribution < -0.4 is 10.6 Å². The molecule has 3 amide bonds. The third-order valence-corrected chi connectivity index (χ3v) is 7.11. The van der Waals surface area contributed by atoms with Crippen molar-refractivity contribution in [1.29, 1.82) is 0 Å². The summed E-state index contributed by atoms with van der Waals surface area (Å²) in [6, 6.07) is 10.7. The molecule has 0 bridgehead atoms. The van der Waals surface area contributed by atoms with Gasteiger partial charge in [0.05, 0.1) is 12.0 Å². The van der Waals surface area contributed by atoms with Gasteiger partial charge >= 0.3 is 0 Å². The molecule has 0 aliphatic carbocycles. The van der Waals surface area contributed by atoms with E-state index in [1.165, 1.54) is 11.0 Å². The fourth-order valence-corrected chi connectivity index (χ4v) is 4.85. The van der Waals surface area contributed by atoms with Gasteiger partial charge in [0.25, 0.3) is 0 Å². The molecule has 1 fully saturated rings. The number of halogens is 1. The normalized spacial score (nSPS) is 17.6. The minimum absolute atomic E-state index is 0.0628. The van der Waals surface area contributed by atoms with Crippen LogP contribution in [0.1, 0.15) is 48.9 Å². The van der Waals surface area contributed by atoms with E-state index in [2.05, 4.69) is 29.4 Å². The average molecular weight is 524 g/mol. The fourth-order valence-electron chi connectivity index (χ4n) is 4.85. The standard InChI is InChI=1S/C28H38BFN4O4/c1-19(2)15-33(11-12-35)16-21-7-8-24(30)22(13-21)14-31-25-6-4-5-20(3)23(25)17-34(18-36)28(29)10-9-26(37)32-27(28)38/h4-8,13,18-19,31,35H,9-12,14-17,29H2,1-3H3,(H,32,37,38). The molecule has 1 aliphatic rings. The highest BCUT2D eigenvalue weighted by atomic mass is 19.1. The molecule has 1 heterocycles. The van der Waals surface area contributed by atoms with Crippen LogP contribution >= 0.6 is 0 Å². The van der Waals surface area contributed by atoms with Gasteiger partial charge in [-0.2, -0.15) is 0 Å². The van der Waals surface area contributed by atoms with E-state index in [9.17, 15) is 23.9 Å². The van der Waals surface area contributed by atoms with Crippen LogP contribution in [0.4, 0.5) is 10.1 Å². The van der Waals surface area contributed by atoms with Gasteiger partial charge < -0.3 is 15.3 Å². The quantitative estimate of drug-likeness (QED) is 0.210. The monoisotopic (exact) mass is 524 g/mol. The van der Waals surface area contributed by atoms with Crippen LogP contribution in [-0.2, 0) is 34.0 Å². The van der Waals surface area contributed by atoms with Crippen molar-refractivity contribution in [3.63, 3.8) is 0 Å². The number of imide groups is 1. The van der Waals surface area contributed by atoms with Crippen molar-refractivity contribution in [3.05, 3.63) is 64.5 Å². The van der Waals surface area contributed by atoms with Gasteiger partial charge in [0.1, 0.15) is 13.7 Å². The summed E-state index contributed by atoms with van der Waals surface area (Å²) in [5.74, 6) is -0.713. The first-order valence-corrected chi connectivity index (χ1v) is 13.1. The summed E-state index contributed by atoms with van der Waals surface area (Å²) < 4.78 is 14.8. The number of piperidine rings is 1. The van der Waals surface area contributed by atoms with E-state index in [4.69, 9.17) is 0 Å². The van der Waals surface area contributed by atoms with Crippen molar-refractivity contribution in [1.82, 2.24) is 15.1 Å². The van der Waals surface area contributed by atoms with Gasteiger partial charge in [-0.1, -0.05) is 32.0 Å². The zero-order chi connectivity index (χ0) is 27.9. The Balaban J connectivity index is 1.79. The number of nitrogens with zero attached hydrogens (tertiary/aromatic N) is 2. The Morgan fingerprint density at radius 1 is 1.24 bits per heavy atom. The van der Waals surface area contributed by atoms with Crippen LogP contribution in [0, 0.1) is 18.7 Å². The molecular weight excluding hydrogens is 486 g/mol. The summed E-state index contributed by atoms with van der Waals surface area (Å²) in [6.07, 6.45) is 1.05. The number of hydrogen-bond donors (Lipinski definition) is 3. The predicted molar refractivity (Wildman–Crippen MR) is 147 cm³/mol. The highest BCUT2D eigenvalue weighted by Crippen LogP contribution is 2.28. The second-order valence-corrected chi connectivity index (χ2v) is 10.6. The van der Waals surface area contributed by atoms with Crippen LogP contribution in [0.3, 0.4) is 0 Å². The lowest BCUT2D eigenvalue weighted by molar-refractivity contribution is -0.144. The first kappa shape index (κ1) is 29.3. The van der Waals surface area contributed by atoms with Crippen LogP contribution in [0.15, 0.2) is 36.4 Å². The number of aliphatic hydroxyl groups excluding tert-OH is 1. The van der Waals surface area contributed by atoms with Gasteiger partial charge in [-0.3, -0.25) is 24.6 Å². The minimum atomic E-state index is -1.15. The van der Waals surface area contributed by atoms with Crippen LogP contribution in [0.2, 0.25) is 0 Å². The molecule has 2 aromatic rings. The summed E-state index contributed by atoms with van der Waals surface area (Å²) in [4.78, 5) is 40.0. The summed E-state index contributed by atoms with van der Waals surface area (Å²) in [6.45, 7) is 8.60. The highest BCUT2D eigenvalue weighted by molar-refractivity contribution is 6.31. The maximum absolute atomic E-state index is 14.8. The average Bonchev–Trinajstić information content (AvgIpc) is 2.86. The van der Waals surface area contributed by atoms with Crippen LogP contribution in [0.5, 0.6) is 0 Å². The molecule has 204 valence electrons. The Bertz CT molecular complexity index is 1160. The second kappa shape index (κ2) is 13.0. The number of benzene rings is 2. The van der Waals surface area contributed by atoms with E-state index in [1.54, 1.807) is 13.9 Å². The minimum Gasteiger partial charge on any atom is -0.395 e. The Hall–Kier alpha value is -3.24. The number of aliphatic hydroxyl groups is 1. The largest absolute Gasteiger partial charge is 0.395 e. The molecule has 1 aliphatic heterocycles. The highest BCUT2D eigenvalue weighted by Gasteiger charge is 2.43. The topological polar surface area (TPSA) is 102 Å². The zero-order valence-electron chi connectivity index (χ0n) is 22.7. The summed E-state index contributed by atoms with van der Waals surface area (Å²) in [5, 5.41) is 15.1. The molecule has 1 atom stereocenters. The summed E-state index contributed by atoms with van der Waals surface area (Å²) >= 11 is 0. The predicted octanol–water partition coefficient (Wildman–Crippen LogP) is 1.92. The molecule has 3 N–H and O–H groups in total. The third-order valence-electron chi connectivity index (χ3n) is 7.11. The number of hydrogen-bond acceptors (Lipinski definition) is 6. The number of rotatable bonds is 13. The van der Waals surface area contributed by atoms with Crippen molar-refractivity contribution in [2.75, 3.05) is 25.0 Å². The van der Waals surface area contributed by atoms with E-state index in [1.807, 2.05) is 31.2 Å². The number of amides is 3. The molecule has 2 aromatic carbocycles. The Morgan fingerprint density at radius 2 is 2.00 bits per heavy atom. The Labute approximate surface area is 225 Å². The van der Waals surface area contributed by atoms with E-state index < -0.39 is 11.3 Å². The number of nitrogens with one attached hydrogen (secondary N) is 2. The molecule has 8 nitrogen and oxygen atoms in total. The lowest BCUT2D eigenvalue weighted by Crippen LogP contribution is -2.62. The number of carbonyl (C=O) groups excluding carboxylic acids is 3. The van der Waals surface area contributed by atoms with Crippen molar-refractivity contribution in [2.24, 2.45) is 5.92 Å². The second-order valence-electron chi connectivity index (χ2n) is 10.6. The van der Waals surface area contributed by atoms with Gasteiger partial charge in [-0.25, -0.2) is 4.39 Å². The van der Waals surface area contributed by atoms with Crippen LogP contribution in [-0.4, -0.2) is 66.1 Å². The summed E-state index contributed by atoms with van der Waals surface area (Å²) in [7, 11) is 1.66. The fraction of sp³-hybridized carbons (Fsp3) is 0.464. The molecule has 0 spiro atoms. The van der Waals surface area contributed by atoms with Gasteiger partial charge in [-0.15, -0.1) is 0 Å². The van der Waals surface area contributed by atoms with Gasteiger partial charge in [-0.05, 0) is 54.2 Å². The lowest BCUT2D eigenvalue weighted by Gasteiger charge is -2.40. The number of carbonyl (C=O) groups is 3. The number of aryl methyl sites for hydroxylation is 1.